The number of nitrogens with two attached hydrogens (primary N) is 1. The van der Waals surface area contributed by atoms with Crippen LogP contribution < -0.4 is 5.73 Å². The number of nitrogens with zero attached hydrogens (tertiary/aromatic N) is 4. The van der Waals surface area contributed by atoms with Crippen molar-refractivity contribution in [2.75, 3.05) is 25.4 Å². The van der Waals surface area contributed by atoms with Crippen molar-refractivity contribution < 1.29 is 9.53 Å². The van der Waals surface area contributed by atoms with E-state index in [1.165, 1.54) is 6.20 Å². The van der Waals surface area contributed by atoms with Crippen molar-refractivity contribution in [1.29, 1.82) is 0 Å². The average molecular weight is 287 g/mol. The molecule has 110 valence electrons. The Hall–Kier alpha value is -2.41. The standard InChI is InChI=1S/C14H17N5O2/c1-18-6-2-3-10(18)14(20)19-7-8-21-11(9-19)12-13(15)17-5-4-16-12/h2-6,11H,7-9H2,1H3,(H2,15,17)/t11-/m0/s1. The number of carbonyl (C=O) groups excluding carboxylic acids is 1. The van der Waals surface area contributed by atoms with E-state index >= 15 is 0 Å². The molecule has 1 atom stereocenters. The second-order valence-electron chi connectivity index (χ2n) is 4.94. The fraction of sp³-hybridized carbons (Fsp3) is 0.357. The van der Waals surface area contributed by atoms with E-state index in [0.717, 1.165) is 0 Å². The third-order valence-electron chi connectivity index (χ3n) is 3.58. The molecule has 3 heterocycles. The maximum Gasteiger partial charge on any atom is 0.270 e. The van der Waals surface area contributed by atoms with Crippen LogP contribution in [-0.2, 0) is 11.8 Å². The summed E-state index contributed by atoms with van der Waals surface area (Å²) in [6.45, 7) is 1.43. The summed E-state index contributed by atoms with van der Waals surface area (Å²) >= 11 is 0. The van der Waals surface area contributed by atoms with Crippen molar-refractivity contribution in [1.82, 2.24) is 19.4 Å². The van der Waals surface area contributed by atoms with Crippen LogP contribution in [0, 0.1) is 0 Å². The normalized spacial score (nSPS) is 18.7. The van der Waals surface area contributed by atoms with Crippen LogP contribution in [0.5, 0.6) is 0 Å². The molecule has 1 amide bonds. The van der Waals surface area contributed by atoms with E-state index in [-0.39, 0.29) is 12.0 Å². The predicted molar refractivity (Wildman–Crippen MR) is 76.5 cm³/mol. The number of rotatable bonds is 2. The highest BCUT2D eigenvalue weighted by atomic mass is 16.5. The van der Waals surface area contributed by atoms with Crippen molar-refractivity contribution in [2.24, 2.45) is 7.05 Å². The molecule has 0 unspecified atom stereocenters. The van der Waals surface area contributed by atoms with Crippen LogP contribution in [0.3, 0.4) is 0 Å². The maximum absolute atomic E-state index is 12.5. The van der Waals surface area contributed by atoms with E-state index < -0.39 is 0 Å². The van der Waals surface area contributed by atoms with Crippen molar-refractivity contribution in [3.05, 3.63) is 42.1 Å². The number of carbonyl (C=O) groups is 1. The van der Waals surface area contributed by atoms with Gasteiger partial charge in [-0.1, -0.05) is 0 Å². The van der Waals surface area contributed by atoms with Gasteiger partial charge in [0.2, 0.25) is 0 Å². The molecule has 2 N–H and O–H groups in total. The summed E-state index contributed by atoms with van der Waals surface area (Å²) in [6.07, 6.45) is 4.63. The number of hydrogen-bond acceptors (Lipinski definition) is 5. The van der Waals surface area contributed by atoms with Gasteiger partial charge in [-0.15, -0.1) is 0 Å². The Balaban J connectivity index is 1.79. The molecule has 0 aromatic carbocycles. The fourth-order valence-electron chi connectivity index (χ4n) is 2.45. The van der Waals surface area contributed by atoms with Gasteiger partial charge in [0, 0.05) is 32.2 Å². The minimum Gasteiger partial charge on any atom is -0.382 e. The van der Waals surface area contributed by atoms with Gasteiger partial charge in [0.25, 0.3) is 5.91 Å². The van der Waals surface area contributed by atoms with Gasteiger partial charge in [-0.2, -0.15) is 0 Å². The molecule has 1 saturated heterocycles. The molecule has 2 aromatic rings. The molecule has 21 heavy (non-hydrogen) atoms. The smallest absolute Gasteiger partial charge is 0.270 e. The number of hydrogen-bond donors (Lipinski definition) is 1. The number of aromatic nitrogens is 3. The van der Waals surface area contributed by atoms with Gasteiger partial charge in [0.1, 0.15) is 23.3 Å². The van der Waals surface area contributed by atoms with Crippen LogP contribution in [0.4, 0.5) is 5.82 Å². The lowest BCUT2D eigenvalue weighted by Crippen LogP contribution is -2.43. The minimum atomic E-state index is -0.336. The van der Waals surface area contributed by atoms with Crippen LogP contribution in [-0.4, -0.2) is 45.0 Å². The molecular formula is C14H17N5O2. The molecule has 1 aliphatic heterocycles. The maximum atomic E-state index is 12.5. The lowest BCUT2D eigenvalue weighted by Gasteiger charge is -2.32. The molecule has 0 saturated carbocycles. The average Bonchev–Trinajstić information content (AvgIpc) is 2.93. The van der Waals surface area contributed by atoms with E-state index in [9.17, 15) is 4.79 Å². The highest BCUT2D eigenvalue weighted by molar-refractivity contribution is 5.92. The van der Waals surface area contributed by atoms with Gasteiger partial charge < -0.3 is 19.9 Å². The van der Waals surface area contributed by atoms with Gasteiger partial charge in [-0.05, 0) is 12.1 Å². The summed E-state index contributed by atoms with van der Waals surface area (Å²) in [5.41, 5.74) is 7.07. The Labute approximate surface area is 122 Å². The van der Waals surface area contributed by atoms with E-state index in [4.69, 9.17) is 10.5 Å². The number of amides is 1. The molecule has 7 nitrogen and oxygen atoms in total. The first-order valence-electron chi connectivity index (χ1n) is 6.75. The number of nitrogen functional groups attached to an aromatic ring is 1. The lowest BCUT2D eigenvalue weighted by molar-refractivity contribution is -0.0248. The third kappa shape index (κ3) is 2.59. The van der Waals surface area contributed by atoms with Gasteiger partial charge in [-0.25, -0.2) is 4.98 Å². The molecule has 0 spiro atoms. The molecule has 1 aliphatic rings. The zero-order chi connectivity index (χ0) is 14.8. The summed E-state index contributed by atoms with van der Waals surface area (Å²) in [5.74, 6) is 0.328. The van der Waals surface area contributed by atoms with Crippen molar-refractivity contribution in [3.8, 4) is 0 Å². The number of aryl methyl sites for hydroxylation is 1. The molecule has 0 radical (unpaired) electrons. The Morgan fingerprint density at radius 3 is 2.95 bits per heavy atom. The zero-order valence-corrected chi connectivity index (χ0v) is 11.8. The van der Waals surface area contributed by atoms with E-state index in [0.29, 0.717) is 36.9 Å². The monoisotopic (exact) mass is 287 g/mol. The SMILES string of the molecule is Cn1cccc1C(=O)N1CCO[C@H](c2nccnc2N)C1. The van der Waals surface area contributed by atoms with E-state index in [1.807, 2.05) is 29.9 Å². The van der Waals surface area contributed by atoms with Crippen LogP contribution in [0.15, 0.2) is 30.7 Å². The highest BCUT2D eigenvalue weighted by Crippen LogP contribution is 2.24. The van der Waals surface area contributed by atoms with Crippen LogP contribution in [0.1, 0.15) is 22.3 Å². The summed E-state index contributed by atoms with van der Waals surface area (Å²) in [6, 6.07) is 3.66. The molecule has 7 heteroatoms. The second-order valence-corrected chi connectivity index (χ2v) is 4.94. The topological polar surface area (TPSA) is 86.3 Å². The Morgan fingerprint density at radius 2 is 2.24 bits per heavy atom. The Bertz CT molecular complexity index is 654. The van der Waals surface area contributed by atoms with Crippen molar-refractivity contribution in [2.45, 2.75) is 6.10 Å². The van der Waals surface area contributed by atoms with Crippen LogP contribution >= 0.6 is 0 Å². The highest BCUT2D eigenvalue weighted by Gasteiger charge is 2.29. The summed E-state index contributed by atoms with van der Waals surface area (Å²) in [7, 11) is 1.85. The van der Waals surface area contributed by atoms with Gasteiger partial charge in [-0.3, -0.25) is 9.78 Å². The molecule has 0 aliphatic carbocycles. The Kier molecular flexibility index (Phi) is 3.57. The summed E-state index contributed by atoms with van der Waals surface area (Å²) < 4.78 is 7.50. The Morgan fingerprint density at radius 1 is 1.43 bits per heavy atom. The molecular weight excluding hydrogens is 270 g/mol. The zero-order valence-electron chi connectivity index (χ0n) is 11.8. The van der Waals surface area contributed by atoms with Crippen molar-refractivity contribution in [3.63, 3.8) is 0 Å². The van der Waals surface area contributed by atoms with Crippen LogP contribution in [0.25, 0.3) is 0 Å². The number of ether oxygens (including phenoxy) is 1. The second kappa shape index (κ2) is 5.53. The minimum absolute atomic E-state index is 0.0155. The van der Waals surface area contributed by atoms with E-state index in [2.05, 4.69) is 9.97 Å². The lowest BCUT2D eigenvalue weighted by atomic mass is 10.2. The first-order valence-corrected chi connectivity index (χ1v) is 6.75. The predicted octanol–water partition coefficient (Wildman–Crippen LogP) is 0.611. The van der Waals surface area contributed by atoms with Gasteiger partial charge >= 0.3 is 0 Å². The fourth-order valence-corrected chi connectivity index (χ4v) is 2.45. The summed E-state index contributed by atoms with van der Waals surface area (Å²) in [5, 5.41) is 0. The molecule has 1 fully saturated rings. The largest absolute Gasteiger partial charge is 0.382 e. The van der Waals surface area contributed by atoms with Gasteiger partial charge in [0.15, 0.2) is 0 Å². The van der Waals surface area contributed by atoms with E-state index in [1.54, 1.807) is 11.1 Å². The summed E-state index contributed by atoms with van der Waals surface area (Å²) in [4.78, 5) is 22.5. The first-order chi connectivity index (χ1) is 10.2. The molecule has 3 rings (SSSR count). The van der Waals surface area contributed by atoms with Crippen molar-refractivity contribution >= 4 is 11.7 Å². The number of morpholine rings is 1. The number of anilines is 1. The quantitative estimate of drug-likeness (QED) is 0.874. The molecule has 2 aromatic heterocycles. The van der Waals surface area contributed by atoms with Crippen LogP contribution in [0.2, 0.25) is 0 Å². The first kappa shape index (κ1) is 13.6. The molecule has 0 bridgehead atoms. The van der Waals surface area contributed by atoms with Gasteiger partial charge in [0.05, 0.1) is 13.2 Å². The third-order valence-corrected chi connectivity index (χ3v) is 3.58.